The highest BCUT2D eigenvalue weighted by atomic mass is 16.6. The largest absolute Gasteiger partial charge is 0.504 e. The number of aliphatic hydroxyl groups is 1. The Labute approximate surface area is 140 Å². The number of oxime groups is 1. The summed E-state index contributed by atoms with van der Waals surface area (Å²) in [6, 6.07) is 3.74. The summed E-state index contributed by atoms with van der Waals surface area (Å²) in [6.07, 6.45) is 2.48. The first-order valence-corrected chi connectivity index (χ1v) is 8.57. The van der Waals surface area contributed by atoms with Crippen LogP contribution in [0.4, 0.5) is 0 Å². The van der Waals surface area contributed by atoms with Crippen molar-refractivity contribution in [3.05, 3.63) is 23.3 Å². The summed E-state index contributed by atoms with van der Waals surface area (Å²) in [6.45, 7) is 0.891. The van der Waals surface area contributed by atoms with E-state index in [4.69, 9.17) is 9.57 Å². The molecule has 24 heavy (non-hydrogen) atoms. The average molecular weight is 330 g/mol. The number of phenolic OH excluding ortho intramolecular Hbond substituents is 1. The Morgan fingerprint density at radius 3 is 3.00 bits per heavy atom. The van der Waals surface area contributed by atoms with Crippen molar-refractivity contribution in [1.29, 1.82) is 0 Å². The summed E-state index contributed by atoms with van der Waals surface area (Å²) in [7, 11) is 3.63. The van der Waals surface area contributed by atoms with E-state index in [1.165, 1.54) is 12.7 Å². The Hall–Kier alpha value is -1.79. The fourth-order valence-electron chi connectivity index (χ4n) is 5.76. The molecule has 0 aromatic heterocycles. The Kier molecular flexibility index (Phi) is 2.69. The lowest BCUT2D eigenvalue weighted by Crippen LogP contribution is -2.76. The molecule has 2 heterocycles. The number of nitrogens with zero attached hydrogens (tertiary/aromatic N) is 2. The van der Waals surface area contributed by atoms with Gasteiger partial charge in [-0.3, -0.25) is 0 Å². The van der Waals surface area contributed by atoms with Crippen LogP contribution < -0.4 is 4.74 Å². The second-order valence-corrected chi connectivity index (χ2v) is 7.56. The molecule has 4 aliphatic rings. The van der Waals surface area contributed by atoms with Gasteiger partial charge in [-0.1, -0.05) is 11.2 Å². The van der Waals surface area contributed by atoms with Crippen LogP contribution >= 0.6 is 0 Å². The van der Waals surface area contributed by atoms with Crippen molar-refractivity contribution in [3.63, 3.8) is 0 Å². The third kappa shape index (κ3) is 1.39. The number of ether oxygens (including phenoxy) is 1. The van der Waals surface area contributed by atoms with Gasteiger partial charge in [0.2, 0.25) is 0 Å². The molecule has 1 aromatic carbocycles. The maximum atomic E-state index is 11.9. The maximum Gasteiger partial charge on any atom is 0.166 e. The Bertz CT molecular complexity index is 764. The van der Waals surface area contributed by atoms with Crippen LogP contribution in [0.5, 0.6) is 11.5 Å². The van der Waals surface area contributed by atoms with Crippen LogP contribution in [0.25, 0.3) is 0 Å². The van der Waals surface area contributed by atoms with Crippen molar-refractivity contribution < 1.29 is 19.8 Å². The molecule has 1 spiro atoms. The van der Waals surface area contributed by atoms with E-state index < -0.39 is 11.0 Å². The normalized spacial score (nSPS) is 41.0. The molecule has 6 heteroatoms. The highest BCUT2D eigenvalue weighted by molar-refractivity contribution is 5.94. The Morgan fingerprint density at radius 1 is 1.38 bits per heavy atom. The van der Waals surface area contributed by atoms with Crippen LogP contribution in [0.3, 0.4) is 0 Å². The summed E-state index contributed by atoms with van der Waals surface area (Å²) in [5.41, 5.74) is 1.59. The van der Waals surface area contributed by atoms with Gasteiger partial charge in [0.1, 0.15) is 7.11 Å². The summed E-state index contributed by atoms with van der Waals surface area (Å²) < 4.78 is 6.24. The molecule has 4 unspecified atom stereocenters. The molecule has 0 amide bonds. The van der Waals surface area contributed by atoms with Crippen molar-refractivity contribution in [2.75, 3.05) is 20.7 Å². The molecule has 128 valence electrons. The van der Waals surface area contributed by atoms with Crippen molar-refractivity contribution >= 4 is 5.71 Å². The van der Waals surface area contributed by atoms with E-state index >= 15 is 0 Å². The van der Waals surface area contributed by atoms with Crippen LogP contribution in [0.15, 0.2) is 17.3 Å². The van der Waals surface area contributed by atoms with E-state index in [0.29, 0.717) is 18.6 Å². The standard InChI is InChI=1S/C18H22N2O4/c1-20-8-7-17-14-10-3-4-12(21)15(14)24-16(17)11(19-23-2)5-6-18(17,22)13(20)9-10/h3-4,13,16,21-22H,5-9H2,1-2H3. The maximum absolute atomic E-state index is 11.9. The summed E-state index contributed by atoms with van der Waals surface area (Å²) in [5, 5.41) is 26.4. The monoisotopic (exact) mass is 330 g/mol. The molecule has 2 aliphatic carbocycles. The van der Waals surface area contributed by atoms with E-state index in [0.717, 1.165) is 30.7 Å². The number of hydrogen-bond acceptors (Lipinski definition) is 6. The van der Waals surface area contributed by atoms with Gasteiger partial charge in [0.05, 0.1) is 16.7 Å². The number of benzene rings is 1. The minimum absolute atomic E-state index is 0.0597. The van der Waals surface area contributed by atoms with Crippen molar-refractivity contribution in [2.24, 2.45) is 5.16 Å². The molecular weight excluding hydrogens is 308 g/mol. The lowest BCUT2D eigenvalue weighted by Gasteiger charge is -2.62. The van der Waals surface area contributed by atoms with E-state index in [1.807, 2.05) is 6.07 Å². The smallest absolute Gasteiger partial charge is 0.166 e. The summed E-state index contributed by atoms with van der Waals surface area (Å²) in [5.74, 6) is 0.679. The summed E-state index contributed by atoms with van der Waals surface area (Å²) >= 11 is 0. The zero-order valence-electron chi connectivity index (χ0n) is 14.0. The first-order valence-electron chi connectivity index (χ1n) is 8.57. The molecule has 0 radical (unpaired) electrons. The fourth-order valence-corrected chi connectivity index (χ4v) is 5.76. The molecule has 2 fully saturated rings. The van der Waals surface area contributed by atoms with Gasteiger partial charge in [0, 0.05) is 11.6 Å². The molecule has 4 atom stereocenters. The van der Waals surface area contributed by atoms with Gasteiger partial charge < -0.3 is 24.7 Å². The van der Waals surface area contributed by atoms with Gasteiger partial charge in [-0.05, 0) is 50.9 Å². The SMILES string of the molecule is CON=C1CCC2(O)C3Cc4ccc(O)c5c4C2(CCN3C)C1O5. The second kappa shape index (κ2) is 4.43. The molecule has 5 rings (SSSR count). The van der Waals surface area contributed by atoms with Gasteiger partial charge >= 0.3 is 0 Å². The van der Waals surface area contributed by atoms with Crippen molar-refractivity contribution in [1.82, 2.24) is 4.90 Å². The Morgan fingerprint density at radius 2 is 2.21 bits per heavy atom. The molecule has 1 saturated carbocycles. The lowest BCUT2D eigenvalue weighted by atomic mass is 9.49. The summed E-state index contributed by atoms with van der Waals surface area (Å²) in [4.78, 5) is 7.32. The number of phenols is 1. The van der Waals surface area contributed by atoms with E-state index in [-0.39, 0.29) is 17.9 Å². The van der Waals surface area contributed by atoms with Gasteiger partial charge in [0.25, 0.3) is 0 Å². The highest BCUT2D eigenvalue weighted by Crippen LogP contribution is 2.64. The molecule has 1 saturated heterocycles. The first kappa shape index (κ1) is 14.5. The molecule has 6 nitrogen and oxygen atoms in total. The number of likely N-dealkylation sites (N-methyl/N-ethyl adjacent to an activating group) is 1. The van der Waals surface area contributed by atoms with Crippen LogP contribution in [-0.2, 0) is 16.7 Å². The molecular formula is C18H22N2O4. The number of likely N-dealkylation sites (tertiary alicyclic amines) is 1. The fraction of sp³-hybridized carbons (Fsp3) is 0.611. The zero-order chi connectivity index (χ0) is 16.7. The second-order valence-electron chi connectivity index (χ2n) is 7.56. The van der Waals surface area contributed by atoms with E-state index in [2.05, 4.69) is 17.1 Å². The van der Waals surface area contributed by atoms with Crippen molar-refractivity contribution in [3.8, 4) is 11.5 Å². The number of piperidine rings is 1. The minimum atomic E-state index is -0.872. The number of aromatic hydroxyl groups is 1. The van der Waals surface area contributed by atoms with E-state index in [1.54, 1.807) is 6.07 Å². The molecule has 2 bridgehead atoms. The third-order valence-corrected chi connectivity index (χ3v) is 6.75. The van der Waals surface area contributed by atoms with Gasteiger partial charge in [-0.25, -0.2) is 0 Å². The molecule has 1 aromatic rings. The van der Waals surface area contributed by atoms with Gasteiger partial charge in [-0.2, -0.15) is 0 Å². The van der Waals surface area contributed by atoms with Crippen LogP contribution in [-0.4, -0.2) is 59.3 Å². The van der Waals surface area contributed by atoms with Gasteiger partial charge in [0.15, 0.2) is 17.6 Å². The van der Waals surface area contributed by atoms with Crippen LogP contribution in [0, 0.1) is 0 Å². The lowest BCUT2D eigenvalue weighted by molar-refractivity contribution is -0.161. The predicted molar refractivity (Wildman–Crippen MR) is 87.6 cm³/mol. The molecule has 2 aliphatic heterocycles. The quantitative estimate of drug-likeness (QED) is 0.757. The number of hydrogen-bond donors (Lipinski definition) is 2. The third-order valence-electron chi connectivity index (χ3n) is 6.75. The van der Waals surface area contributed by atoms with Crippen molar-refractivity contribution in [2.45, 2.75) is 48.8 Å². The van der Waals surface area contributed by atoms with Crippen LogP contribution in [0.1, 0.15) is 30.4 Å². The highest BCUT2D eigenvalue weighted by Gasteiger charge is 2.72. The topological polar surface area (TPSA) is 74.5 Å². The van der Waals surface area contributed by atoms with E-state index in [9.17, 15) is 10.2 Å². The molecule has 2 N–H and O–H groups in total. The van der Waals surface area contributed by atoms with Gasteiger partial charge in [-0.15, -0.1) is 0 Å². The first-order chi connectivity index (χ1) is 11.5. The predicted octanol–water partition coefficient (Wildman–Crippen LogP) is 1.18. The average Bonchev–Trinajstić information content (AvgIpc) is 2.91. The minimum Gasteiger partial charge on any atom is -0.504 e. The van der Waals surface area contributed by atoms with Crippen LogP contribution in [0.2, 0.25) is 0 Å². The zero-order valence-corrected chi connectivity index (χ0v) is 14.0. The Balaban J connectivity index is 1.83. The number of rotatable bonds is 1.